The second kappa shape index (κ2) is 12.4. The van der Waals surface area contributed by atoms with Gasteiger partial charge in [0, 0.05) is 35.6 Å². The summed E-state index contributed by atoms with van der Waals surface area (Å²) >= 11 is 0. The fraction of sp³-hybridized carbons (Fsp3) is 0.297. The van der Waals surface area contributed by atoms with Crippen LogP contribution in [0.1, 0.15) is 36.8 Å². The Morgan fingerprint density at radius 3 is 2.12 bits per heavy atom. The van der Waals surface area contributed by atoms with Gasteiger partial charge in [-0.25, -0.2) is 0 Å². The number of rotatable bonds is 9. The number of nitrogens with zero attached hydrogens (tertiary/aromatic N) is 2. The third kappa shape index (κ3) is 6.01. The molecule has 3 unspecified atom stereocenters. The summed E-state index contributed by atoms with van der Waals surface area (Å²) in [6.07, 6.45) is 2.99. The van der Waals surface area contributed by atoms with E-state index in [1.54, 1.807) is 0 Å². The summed E-state index contributed by atoms with van der Waals surface area (Å²) < 4.78 is 2.31. The van der Waals surface area contributed by atoms with E-state index in [9.17, 15) is 10.2 Å². The minimum atomic E-state index is -0.615. The first-order valence-electron chi connectivity index (χ1n) is 15.0. The van der Waals surface area contributed by atoms with E-state index in [1.807, 2.05) is 6.07 Å². The van der Waals surface area contributed by atoms with E-state index in [2.05, 4.69) is 120 Å². The van der Waals surface area contributed by atoms with Crippen LogP contribution in [-0.2, 0) is 13.1 Å². The lowest BCUT2D eigenvalue weighted by atomic mass is 9.90. The molecule has 6 rings (SSSR count). The van der Waals surface area contributed by atoms with Crippen molar-refractivity contribution in [3.63, 3.8) is 0 Å². The van der Waals surface area contributed by atoms with Crippen molar-refractivity contribution in [3.8, 4) is 22.4 Å². The van der Waals surface area contributed by atoms with Gasteiger partial charge >= 0.3 is 0 Å². The zero-order valence-electron chi connectivity index (χ0n) is 23.9. The van der Waals surface area contributed by atoms with Crippen LogP contribution in [0.3, 0.4) is 0 Å². The van der Waals surface area contributed by atoms with Gasteiger partial charge in [0.1, 0.15) is 0 Å². The van der Waals surface area contributed by atoms with E-state index >= 15 is 0 Å². The molecule has 4 aromatic carbocycles. The highest BCUT2D eigenvalue weighted by Gasteiger charge is 2.31. The maximum atomic E-state index is 11.8. The Morgan fingerprint density at radius 2 is 1.44 bits per heavy atom. The number of fused-ring (bicyclic) bond motifs is 1. The third-order valence-electron chi connectivity index (χ3n) is 8.56. The number of aliphatic hydroxyl groups excluding tert-OH is 2. The minimum Gasteiger partial charge on any atom is -0.391 e. The van der Waals surface area contributed by atoms with Crippen LogP contribution < -0.4 is 0 Å². The Morgan fingerprint density at radius 1 is 0.805 bits per heavy atom. The number of aliphatic hydroxyl groups is 2. The fourth-order valence-corrected chi connectivity index (χ4v) is 6.64. The Kier molecular flexibility index (Phi) is 8.33. The van der Waals surface area contributed by atoms with Gasteiger partial charge in [-0.3, -0.25) is 4.90 Å². The highest BCUT2D eigenvalue weighted by Crippen LogP contribution is 2.41. The van der Waals surface area contributed by atoms with Crippen LogP contribution in [0.15, 0.2) is 109 Å². The molecule has 4 nitrogen and oxygen atoms in total. The first kappa shape index (κ1) is 27.5. The van der Waals surface area contributed by atoms with E-state index in [4.69, 9.17) is 0 Å². The molecule has 5 aromatic rings. The Labute approximate surface area is 243 Å². The lowest BCUT2D eigenvalue weighted by Gasteiger charge is -2.39. The number of aryl methyl sites for hydroxylation is 1. The summed E-state index contributed by atoms with van der Waals surface area (Å²) in [7, 11) is 0. The summed E-state index contributed by atoms with van der Waals surface area (Å²) in [6, 6.07) is 38.2. The van der Waals surface area contributed by atoms with Crippen molar-refractivity contribution in [1.82, 2.24) is 9.47 Å². The van der Waals surface area contributed by atoms with Gasteiger partial charge in [0.15, 0.2) is 0 Å². The summed E-state index contributed by atoms with van der Waals surface area (Å²) in [6.45, 7) is 3.81. The van der Waals surface area contributed by atoms with Gasteiger partial charge in [0.25, 0.3) is 0 Å². The van der Waals surface area contributed by atoms with E-state index in [0.717, 1.165) is 42.5 Å². The molecule has 1 aliphatic rings. The largest absolute Gasteiger partial charge is 0.391 e. The maximum absolute atomic E-state index is 11.8. The molecule has 1 saturated carbocycles. The van der Waals surface area contributed by atoms with E-state index in [1.165, 1.54) is 27.6 Å². The molecule has 0 saturated heterocycles. The SMILES string of the molecule is Cc1ccc2c(c1)c(-c1ccccc1)c(-c1ccccc1)n2CC(O)CN(Cc1ccccc1)C1CCCCC1O. The second-order valence-corrected chi connectivity index (χ2v) is 11.6. The summed E-state index contributed by atoms with van der Waals surface area (Å²) in [4.78, 5) is 2.32. The van der Waals surface area contributed by atoms with Crippen LogP contribution in [0.5, 0.6) is 0 Å². The number of hydrogen-bond donors (Lipinski definition) is 2. The topological polar surface area (TPSA) is 48.6 Å². The molecule has 0 bridgehead atoms. The van der Waals surface area contributed by atoms with Crippen molar-refractivity contribution in [3.05, 3.63) is 120 Å². The number of aromatic nitrogens is 1. The molecule has 1 fully saturated rings. The average molecular weight is 545 g/mol. The van der Waals surface area contributed by atoms with Crippen LogP contribution in [0.4, 0.5) is 0 Å². The Bertz CT molecular complexity index is 1560. The van der Waals surface area contributed by atoms with Gasteiger partial charge in [-0.1, -0.05) is 115 Å². The summed E-state index contributed by atoms with van der Waals surface area (Å²) in [5.74, 6) is 0. The lowest BCUT2D eigenvalue weighted by molar-refractivity contribution is -0.00868. The van der Waals surface area contributed by atoms with Crippen LogP contribution in [0.25, 0.3) is 33.3 Å². The molecule has 210 valence electrons. The molecular formula is C37H40N2O2. The Hall–Kier alpha value is -3.70. The van der Waals surface area contributed by atoms with Crippen LogP contribution in [0, 0.1) is 6.92 Å². The molecule has 0 radical (unpaired) electrons. The molecule has 1 heterocycles. The molecule has 0 spiro atoms. The highest BCUT2D eigenvalue weighted by atomic mass is 16.3. The van der Waals surface area contributed by atoms with Gasteiger partial charge in [-0.05, 0) is 48.6 Å². The van der Waals surface area contributed by atoms with Gasteiger partial charge in [0.2, 0.25) is 0 Å². The summed E-state index contributed by atoms with van der Waals surface area (Å²) in [5, 5.41) is 24.0. The first-order valence-corrected chi connectivity index (χ1v) is 15.0. The molecule has 41 heavy (non-hydrogen) atoms. The Balaban J connectivity index is 1.41. The lowest BCUT2D eigenvalue weighted by Crippen LogP contribution is -2.48. The highest BCUT2D eigenvalue weighted by molar-refractivity contribution is 6.04. The number of hydrogen-bond acceptors (Lipinski definition) is 3. The monoisotopic (exact) mass is 544 g/mol. The normalized spacial score (nSPS) is 18.1. The van der Waals surface area contributed by atoms with Crippen LogP contribution >= 0.6 is 0 Å². The fourth-order valence-electron chi connectivity index (χ4n) is 6.64. The standard InChI is InChI=1S/C37H40N2O2/c1-27-21-22-33-32(23-27)36(29-15-7-3-8-16-29)37(30-17-9-4-10-18-30)39(33)26-31(40)25-38(24-28-13-5-2-6-14-28)34-19-11-12-20-35(34)41/h2-10,13-18,21-23,31,34-35,40-41H,11-12,19-20,24-26H2,1H3. The predicted molar refractivity (Wildman–Crippen MR) is 169 cm³/mol. The molecule has 0 amide bonds. The van der Waals surface area contributed by atoms with Gasteiger partial charge in [-0.2, -0.15) is 0 Å². The van der Waals surface area contributed by atoms with Crippen molar-refractivity contribution in [2.75, 3.05) is 6.54 Å². The van der Waals surface area contributed by atoms with Gasteiger partial charge in [0.05, 0.1) is 24.4 Å². The zero-order chi connectivity index (χ0) is 28.2. The van der Waals surface area contributed by atoms with Crippen LogP contribution in [0.2, 0.25) is 0 Å². The smallest absolute Gasteiger partial charge is 0.0846 e. The minimum absolute atomic E-state index is 0.0520. The molecule has 2 N–H and O–H groups in total. The third-order valence-corrected chi connectivity index (χ3v) is 8.56. The second-order valence-electron chi connectivity index (χ2n) is 11.6. The number of benzene rings is 4. The predicted octanol–water partition coefficient (Wildman–Crippen LogP) is 7.45. The molecule has 3 atom stereocenters. The van der Waals surface area contributed by atoms with Gasteiger partial charge < -0.3 is 14.8 Å². The van der Waals surface area contributed by atoms with E-state index in [-0.39, 0.29) is 12.1 Å². The first-order chi connectivity index (χ1) is 20.1. The van der Waals surface area contributed by atoms with Crippen molar-refractivity contribution in [1.29, 1.82) is 0 Å². The van der Waals surface area contributed by atoms with Crippen molar-refractivity contribution >= 4 is 10.9 Å². The van der Waals surface area contributed by atoms with Crippen molar-refractivity contribution < 1.29 is 10.2 Å². The summed E-state index contributed by atoms with van der Waals surface area (Å²) in [5.41, 5.74) is 8.18. The zero-order valence-corrected chi connectivity index (χ0v) is 23.9. The molecule has 0 aliphatic heterocycles. The van der Waals surface area contributed by atoms with Crippen LogP contribution in [-0.4, -0.2) is 44.5 Å². The molecule has 1 aliphatic carbocycles. The molecular weight excluding hydrogens is 504 g/mol. The molecule has 1 aromatic heterocycles. The van der Waals surface area contributed by atoms with Crippen molar-refractivity contribution in [2.45, 2.75) is 63.9 Å². The molecule has 4 heteroatoms. The maximum Gasteiger partial charge on any atom is 0.0846 e. The van der Waals surface area contributed by atoms with Gasteiger partial charge in [-0.15, -0.1) is 0 Å². The van der Waals surface area contributed by atoms with Crippen molar-refractivity contribution in [2.24, 2.45) is 0 Å². The van der Waals surface area contributed by atoms with E-state index < -0.39 is 6.10 Å². The quantitative estimate of drug-likeness (QED) is 0.203. The van der Waals surface area contributed by atoms with E-state index in [0.29, 0.717) is 19.6 Å². The average Bonchev–Trinajstić information content (AvgIpc) is 3.31.